The molecule has 0 N–H and O–H groups in total. The van der Waals surface area contributed by atoms with Crippen molar-refractivity contribution in [2.24, 2.45) is 0 Å². The highest BCUT2D eigenvalue weighted by atomic mass is 15.4. The highest BCUT2D eigenvalue weighted by molar-refractivity contribution is 5.77. The first kappa shape index (κ1) is 21.6. The molecule has 0 fully saturated rings. The third-order valence-electron chi connectivity index (χ3n) is 6.05. The number of rotatable bonds is 6. The lowest BCUT2D eigenvalue weighted by atomic mass is 10.1. The lowest BCUT2D eigenvalue weighted by Crippen LogP contribution is -2.10. The van der Waals surface area contributed by atoms with Crippen molar-refractivity contribution in [2.45, 2.75) is 0 Å². The number of nitrogens with zero attached hydrogens (tertiary/aromatic N) is 4. The molecule has 0 atom stereocenters. The first-order valence-corrected chi connectivity index (χ1v) is 12.0. The van der Waals surface area contributed by atoms with Gasteiger partial charge in [0, 0.05) is 28.2 Å². The Morgan fingerprint density at radius 1 is 0.444 bits per heavy atom. The average molecular weight is 465 g/mol. The molecule has 0 saturated carbocycles. The van der Waals surface area contributed by atoms with Crippen LogP contribution < -0.4 is 4.90 Å². The summed E-state index contributed by atoms with van der Waals surface area (Å²) in [5.74, 6) is 1.51. The molecule has 0 spiro atoms. The molecule has 172 valence electrons. The summed E-state index contributed by atoms with van der Waals surface area (Å²) in [4.78, 5) is 7.17. The van der Waals surface area contributed by atoms with Crippen LogP contribution in [0, 0.1) is 0 Å². The largest absolute Gasteiger partial charge is 0.311 e. The van der Waals surface area contributed by atoms with Crippen molar-refractivity contribution >= 4 is 17.1 Å². The zero-order valence-corrected chi connectivity index (χ0v) is 19.6. The molecular formula is C32H24N4. The molecule has 0 bridgehead atoms. The fourth-order valence-electron chi connectivity index (χ4n) is 4.32. The van der Waals surface area contributed by atoms with Gasteiger partial charge in [-0.05, 0) is 48.5 Å². The van der Waals surface area contributed by atoms with E-state index in [0.717, 1.165) is 39.7 Å². The van der Waals surface area contributed by atoms with Crippen LogP contribution in [0.4, 0.5) is 17.1 Å². The van der Waals surface area contributed by atoms with Crippen LogP contribution >= 0.6 is 0 Å². The molecule has 0 aliphatic heterocycles. The van der Waals surface area contributed by atoms with Crippen molar-refractivity contribution in [1.82, 2.24) is 14.8 Å². The molecular weight excluding hydrogens is 440 g/mol. The molecule has 6 aromatic rings. The Morgan fingerprint density at radius 3 is 1.42 bits per heavy atom. The van der Waals surface area contributed by atoms with Gasteiger partial charge in [0.25, 0.3) is 0 Å². The van der Waals surface area contributed by atoms with Crippen molar-refractivity contribution in [1.29, 1.82) is 0 Å². The summed E-state index contributed by atoms with van der Waals surface area (Å²) in [6, 6.07) is 49.6. The van der Waals surface area contributed by atoms with Gasteiger partial charge in [-0.3, -0.25) is 0 Å². The van der Waals surface area contributed by atoms with Crippen molar-refractivity contribution < 1.29 is 0 Å². The van der Waals surface area contributed by atoms with E-state index in [1.165, 1.54) is 0 Å². The molecule has 0 saturated heterocycles. The number of anilines is 3. The molecule has 5 aromatic carbocycles. The minimum Gasteiger partial charge on any atom is -0.311 e. The summed E-state index contributed by atoms with van der Waals surface area (Å²) < 4.78 is 1.93. The average Bonchev–Trinajstić information content (AvgIpc) is 3.42. The van der Waals surface area contributed by atoms with E-state index in [0.29, 0.717) is 5.82 Å². The summed E-state index contributed by atoms with van der Waals surface area (Å²) in [7, 11) is 0. The summed E-state index contributed by atoms with van der Waals surface area (Å²) >= 11 is 0. The van der Waals surface area contributed by atoms with E-state index in [2.05, 4.69) is 89.8 Å². The first-order valence-electron chi connectivity index (χ1n) is 12.0. The number of hydrogen-bond acceptors (Lipinski definition) is 3. The lowest BCUT2D eigenvalue weighted by Gasteiger charge is -2.25. The predicted octanol–water partition coefficient (Wildman–Crippen LogP) is 8.07. The van der Waals surface area contributed by atoms with E-state index in [1.807, 2.05) is 65.3 Å². The molecule has 0 aliphatic rings. The molecule has 4 heteroatoms. The summed E-state index contributed by atoms with van der Waals surface area (Å²) in [5, 5.41) is 4.91. The zero-order valence-electron chi connectivity index (χ0n) is 19.6. The standard InChI is InChI=1S/C32H24N4/c1-5-13-25(14-6-1)31-33-32(26-15-7-2-8-16-26)36(34-31)30-23-21-29(22-24-30)35(27-17-9-3-10-18-27)28-19-11-4-12-20-28/h1-24H. The maximum atomic E-state index is 4.92. The number of hydrogen-bond donors (Lipinski definition) is 0. The molecule has 1 heterocycles. The molecule has 0 aliphatic carbocycles. The van der Waals surface area contributed by atoms with E-state index >= 15 is 0 Å². The van der Waals surface area contributed by atoms with Crippen LogP contribution in [0.5, 0.6) is 0 Å². The first-order chi connectivity index (χ1) is 17.9. The van der Waals surface area contributed by atoms with E-state index in [1.54, 1.807) is 0 Å². The van der Waals surface area contributed by atoms with Crippen molar-refractivity contribution in [3.05, 3.63) is 146 Å². The van der Waals surface area contributed by atoms with E-state index in [-0.39, 0.29) is 0 Å². The summed E-state index contributed by atoms with van der Waals surface area (Å²) in [6.45, 7) is 0. The Morgan fingerprint density at radius 2 is 0.889 bits per heavy atom. The van der Waals surface area contributed by atoms with E-state index in [4.69, 9.17) is 10.1 Å². The quantitative estimate of drug-likeness (QED) is 0.250. The minimum atomic E-state index is 0.703. The van der Waals surface area contributed by atoms with Crippen molar-refractivity contribution in [3.63, 3.8) is 0 Å². The predicted molar refractivity (Wildman–Crippen MR) is 147 cm³/mol. The van der Waals surface area contributed by atoms with Crippen molar-refractivity contribution in [3.8, 4) is 28.5 Å². The van der Waals surface area contributed by atoms with Crippen LogP contribution in [-0.2, 0) is 0 Å². The van der Waals surface area contributed by atoms with Gasteiger partial charge in [-0.1, -0.05) is 97.1 Å². The monoisotopic (exact) mass is 464 g/mol. The van der Waals surface area contributed by atoms with Gasteiger partial charge in [-0.2, -0.15) is 0 Å². The van der Waals surface area contributed by atoms with Gasteiger partial charge in [0.2, 0.25) is 0 Å². The van der Waals surface area contributed by atoms with Crippen molar-refractivity contribution in [2.75, 3.05) is 4.90 Å². The van der Waals surface area contributed by atoms with Gasteiger partial charge in [-0.15, -0.1) is 5.10 Å². The van der Waals surface area contributed by atoms with Gasteiger partial charge < -0.3 is 4.90 Å². The molecule has 1 aromatic heterocycles. The normalized spacial score (nSPS) is 10.8. The number of benzene rings is 5. The highest BCUT2D eigenvalue weighted by Crippen LogP contribution is 2.35. The van der Waals surface area contributed by atoms with E-state index in [9.17, 15) is 0 Å². The van der Waals surface area contributed by atoms with Crippen LogP contribution in [0.25, 0.3) is 28.5 Å². The molecule has 0 amide bonds. The Kier molecular flexibility index (Phi) is 5.83. The smallest absolute Gasteiger partial charge is 0.182 e. The maximum Gasteiger partial charge on any atom is 0.182 e. The topological polar surface area (TPSA) is 34.0 Å². The molecule has 0 unspecified atom stereocenters. The zero-order chi connectivity index (χ0) is 24.2. The Bertz CT molecular complexity index is 1500. The second kappa shape index (κ2) is 9.72. The summed E-state index contributed by atoms with van der Waals surface area (Å²) in [5.41, 5.74) is 6.24. The molecule has 0 radical (unpaired) electrons. The fourth-order valence-corrected chi connectivity index (χ4v) is 4.32. The second-order valence-electron chi connectivity index (χ2n) is 8.43. The van der Waals surface area contributed by atoms with Gasteiger partial charge in [-0.25, -0.2) is 9.67 Å². The van der Waals surface area contributed by atoms with Crippen LogP contribution in [0.1, 0.15) is 0 Å². The number of para-hydroxylation sites is 2. The Balaban J connectivity index is 1.44. The number of aromatic nitrogens is 3. The SMILES string of the molecule is c1ccc(-c2nc(-c3ccccc3)n(-c3ccc(N(c4ccccc4)c4ccccc4)cc3)n2)cc1. The molecule has 6 rings (SSSR count). The van der Waals surface area contributed by atoms with Gasteiger partial charge in [0.1, 0.15) is 0 Å². The van der Waals surface area contributed by atoms with E-state index < -0.39 is 0 Å². The maximum absolute atomic E-state index is 4.92. The fraction of sp³-hybridized carbons (Fsp3) is 0. The Hall–Kier alpha value is -4.96. The molecule has 36 heavy (non-hydrogen) atoms. The van der Waals surface area contributed by atoms with Gasteiger partial charge in [0.15, 0.2) is 11.6 Å². The Labute approximate surface area is 210 Å². The third-order valence-corrected chi connectivity index (χ3v) is 6.05. The van der Waals surface area contributed by atoms with Crippen LogP contribution in [-0.4, -0.2) is 14.8 Å². The minimum absolute atomic E-state index is 0.703. The third kappa shape index (κ3) is 4.28. The second-order valence-corrected chi connectivity index (χ2v) is 8.43. The van der Waals surface area contributed by atoms with Crippen LogP contribution in [0.3, 0.4) is 0 Å². The summed E-state index contributed by atoms with van der Waals surface area (Å²) in [6.07, 6.45) is 0. The van der Waals surface area contributed by atoms with Crippen LogP contribution in [0.2, 0.25) is 0 Å². The lowest BCUT2D eigenvalue weighted by molar-refractivity contribution is 0.890. The highest BCUT2D eigenvalue weighted by Gasteiger charge is 2.16. The van der Waals surface area contributed by atoms with Crippen LogP contribution in [0.15, 0.2) is 146 Å². The van der Waals surface area contributed by atoms with Gasteiger partial charge in [0.05, 0.1) is 5.69 Å². The molecule has 4 nitrogen and oxygen atoms in total. The van der Waals surface area contributed by atoms with Gasteiger partial charge >= 0.3 is 0 Å².